The van der Waals surface area contributed by atoms with Crippen molar-refractivity contribution in [2.75, 3.05) is 6.54 Å². The van der Waals surface area contributed by atoms with Crippen LogP contribution in [0.25, 0.3) is 5.69 Å². The molecule has 1 fully saturated rings. The zero-order valence-corrected chi connectivity index (χ0v) is 14.4. The van der Waals surface area contributed by atoms with Crippen molar-refractivity contribution in [3.8, 4) is 5.69 Å². The van der Waals surface area contributed by atoms with Gasteiger partial charge in [-0.15, -0.1) is 5.10 Å². The molecule has 3 rings (SSSR count). The minimum Gasteiger partial charge on any atom is -0.481 e. The molecule has 0 radical (unpaired) electrons. The fourth-order valence-corrected chi connectivity index (χ4v) is 3.24. The fraction of sp³-hybridized carbons (Fsp3) is 0.444. The largest absolute Gasteiger partial charge is 0.481 e. The lowest BCUT2D eigenvalue weighted by Crippen LogP contribution is -2.48. The Labute approximate surface area is 146 Å². The lowest BCUT2D eigenvalue weighted by molar-refractivity contribution is -0.147. The van der Waals surface area contributed by atoms with Crippen LogP contribution < -0.4 is 0 Å². The van der Waals surface area contributed by atoms with E-state index in [1.54, 1.807) is 9.58 Å². The maximum absolute atomic E-state index is 12.7. The molecule has 0 saturated carbocycles. The third-order valence-corrected chi connectivity index (χ3v) is 4.86. The molecule has 7 heteroatoms. The quantitative estimate of drug-likeness (QED) is 0.916. The van der Waals surface area contributed by atoms with Gasteiger partial charge in [0.05, 0.1) is 29.4 Å². The number of para-hydroxylation sites is 1. The number of likely N-dealkylation sites (tertiary alicyclic amines) is 1. The first kappa shape index (κ1) is 17.1. The smallest absolute Gasteiger partial charge is 0.308 e. The van der Waals surface area contributed by atoms with Crippen molar-refractivity contribution in [2.45, 2.75) is 39.2 Å². The van der Waals surface area contributed by atoms with Crippen molar-refractivity contribution in [1.82, 2.24) is 19.9 Å². The van der Waals surface area contributed by atoms with Crippen LogP contribution in [0.1, 0.15) is 31.2 Å². The maximum atomic E-state index is 12.7. The number of aromatic nitrogens is 3. The van der Waals surface area contributed by atoms with E-state index >= 15 is 0 Å². The van der Waals surface area contributed by atoms with Crippen molar-refractivity contribution in [3.05, 3.63) is 41.7 Å². The third-order valence-electron chi connectivity index (χ3n) is 4.86. The number of piperidine rings is 1. The number of carbonyl (C=O) groups excluding carboxylic acids is 1. The highest BCUT2D eigenvalue weighted by Gasteiger charge is 2.33. The van der Waals surface area contributed by atoms with E-state index in [1.165, 1.54) is 0 Å². The summed E-state index contributed by atoms with van der Waals surface area (Å²) in [6.45, 7) is 4.11. The molecule has 2 heterocycles. The first-order valence-corrected chi connectivity index (χ1v) is 8.46. The van der Waals surface area contributed by atoms with E-state index in [1.807, 2.05) is 44.2 Å². The Morgan fingerprint density at radius 2 is 1.96 bits per heavy atom. The number of benzene rings is 1. The average Bonchev–Trinajstić information content (AvgIpc) is 2.96. The number of hydrogen-bond acceptors (Lipinski definition) is 4. The normalized spacial score (nSPS) is 20.5. The molecule has 1 N–H and O–H groups in total. The molecule has 0 aliphatic carbocycles. The van der Waals surface area contributed by atoms with Gasteiger partial charge in [0.15, 0.2) is 0 Å². The highest BCUT2D eigenvalue weighted by molar-refractivity contribution is 5.80. The lowest BCUT2D eigenvalue weighted by Gasteiger charge is -2.36. The summed E-state index contributed by atoms with van der Waals surface area (Å²) in [4.78, 5) is 25.6. The summed E-state index contributed by atoms with van der Waals surface area (Å²) in [5, 5.41) is 17.5. The summed E-state index contributed by atoms with van der Waals surface area (Å²) in [5.41, 5.74) is 2.33. The molecule has 1 aliphatic heterocycles. The van der Waals surface area contributed by atoms with Crippen LogP contribution in [0.2, 0.25) is 0 Å². The number of rotatable bonds is 4. The molecule has 132 valence electrons. The summed E-state index contributed by atoms with van der Waals surface area (Å²) in [6, 6.07) is 9.67. The molecule has 1 aromatic heterocycles. The molecule has 2 atom stereocenters. The van der Waals surface area contributed by atoms with Crippen LogP contribution in [-0.2, 0) is 16.0 Å². The van der Waals surface area contributed by atoms with Crippen molar-refractivity contribution in [1.29, 1.82) is 0 Å². The monoisotopic (exact) mass is 342 g/mol. The van der Waals surface area contributed by atoms with Gasteiger partial charge >= 0.3 is 5.97 Å². The number of amides is 1. The second kappa shape index (κ2) is 7.04. The Morgan fingerprint density at radius 1 is 1.24 bits per heavy atom. The molecule has 2 unspecified atom stereocenters. The van der Waals surface area contributed by atoms with Gasteiger partial charge in [-0.2, -0.15) is 0 Å². The number of carboxylic acids is 1. The van der Waals surface area contributed by atoms with Gasteiger partial charge in [0, 0.05) is 12.6 Å². The number of nitrogens with zero attached hydrogens (tertiary/aromatic N) is 4. The third kappa shape index (κ3) is 3.55. The van der Waals surface area contributed by atoms with Crippen molar-refractivity contribution in [2.24, 2.45) is 5.92 Å². The van der Waals surface area contributed by atoms with Gasteiger partial charge in [0.1, 0.15) is 0 Å². The summed E-state index contributed by atoms with van der Waals surface area (Å²) < 4.78 is 1.71. The molecule has 25 heavy (non-hydrogen) atoms. The highest BCUT2D eigenvalue weighted by atomic mass is 16.4. The summed E-state index contributed by atoms with van der Waals surface area (Å²) in [7, 11) is 0. The van der Waals surface area contributed by atoms with E-state index in [-0.39, 0.29) is 24.9 Å². The van der Waals surface area contributed by atoms with Gasteiger partial charge in [-0.05, 0) is 38.8 Å². The minimum atomic E-state index is -0.837. The number of carbonyl (C=O) groups is 2. The van der Waals surface area contributed by atoms with Crippen LogP contribution >= 0.6 is 0 Å². The van der Waals surface area contributed by atoms with Crippen molar-refractivity contribution in [3.63, 3.8) is 0 Å². The van der Waals surface area contributed by atoms with Crippen LogP contribution in [0.3, 0.4) is 0 Å². The van der Waals surface area contributed by atoms with Gasteiger partial charge in [0.25, 0.3) is 0 Å². The standard InChI is InChI=1S/C18H22N4O3/c1-12-8-9-14(18(24)25)11-21(12)17(23)10-16-13(2)22(20-19-16)15-6-4-3-5-7-15/h3-7,12,14H,8-11H2,1-2H3,(H,24,25). The van der Waals surface area contributed by atoms with Crippen molar-refractivity contribution >= 4 is 11.9 Å². The van der Waals surface area contributed by atoms with Crippen LogP contribution in [0.15, 0.2) is 30.3 Å². The number of carboxylic acid groups (broad SMARTS) is 1. The van der Waals surface area contributed by atoms with Crippen LogP contribution in [-0.4, -0.2) is 49.5 Å². The first-order chi connectivity index (χ1) is 12.0. The molecule has 7 nitrogen and oxygen atoms in total. The first-order valence-electron chi connectivity index (χ1n) is 8.46. The lowest BCUT2D eigenvalue weighted by atomic mass is 9.93. The molecule has 2 aromatic rings. The minimum absolute atomic E-state index is 0.0487. The van der Waals surface area contributed by atoms with E-state index in [0.717, 1.165) is 11.4 Å². The number of hydrogen-bond donors (Lipinski definition) is 1. The van der Waals surface area contributed by atoms with E-state index in [4.69, 9.17) is 0 Å². The van der Waals surface area contributed by atoms with E-state index in [2.05, 4.69) is 10.3 Å². The molecule has 1 aromatic carbocycles. The molecule has 1 saturated heterocycles. The molecule has 1 amide bonds. The predicted molar refractivity (Wildman–Crippen MR) is 91.3 cm³/mol. The van der Waals surface area contributed by atoms with E-state index in [9.17, 15) is 14.7 Å². The van der Waals surface area contributed by atoms with E-state index in [0.29, 0.717) is 18.5 Å². The summed E-state index contributed by atoms with van der Waals surface area (Å²) in [5.74, 6) is -1.42. The van der Waals surface area contributed by atoms with Crippen LogP contribution in [0, 0.1) is 12.8 Å². The Hall–Kier alpha value is -2.70. The van der Waals surface area contributed by atoms with Gasteiger partial charge in [-0.3, -0.25) is 9.59 Å². The SMILES string of the molecule is Cc1c(CC(=O)N2CC(C(=O)O)CCC2C)nnn1-c1ccccc1. The molecule has 0 spiro atoms. The second-order valence-electron chi connectivity index (χ2n) is 6.55. The zero-order chi connectivity index (χ0) is 18.0. The Kier molecular flexibility index (Phi) is 4.83. The van der Waals surface area contributed by atoms with Crippen LogP contribution in [0.5, 0.6) is 0 Å². The van der Waals surface area contributed by atoms with Crippen molar-refractivity contribution < 1.29 is 14.7 Å². The molecular weight excluding hydrogens is 320 g/mol. The van der Waals surface area contributed by atoms with Gasteiger partial charge in [0.2, 0.25) is 5.91 Å². The molecule has 0 bridgehead atoms. The molecular formula is C18H22N4O3. The Bertz CT molecular complexity index is 772. The maximum Gasteiger partial charge on any atom is 0.308 e. The number of aliphatic carboxylic acids is 1. The fourth-order valence-electron chi connectivity index (χ4n) is 3.24. The summed E-state index contributed by atoms with van der Waals surface area (Å²) >= 11 is 0. The van der Waals surface area contributed by atoms with Gasteiger partial charge < -0.3 is 10.0 Å². The van der Waals surface area contributed by atoms with Gasteiger partial charge in [-0.1, -0.05) is 23.4 Å². The molecule has 1 aliphatic rings. The zero-order valence-electron chi connectivity index (χ0n) is 14.4. The topological polar surface area (TPSA) is 88.3 Å². The highest BCUT2D eigenvalue weighted by Crippen LogP contribution is 2.23. The second-order valence-corrected chi connectivity index (χ2v) is 6.55. The van der Waals surface area contributed by atoms with E-state index < -0.39 is 11.9 Å². The Balaban J connectivity index is 1.75. The van der Waals surface area contributed by atoms with Gasteiger partial charge in [-0.25, -0.2) is 4.68 Å². The average molecular weight is 342 g/mol. The predicted octanol–water partition coefficient (Wildman–Crippen LogP) is 1.83. The summed E-state index contributed by atoms with van der Waals surface area (Å²) in [6.07, 6.45) is 1.46. The Morgan fingerprint density at radius 3 is 2.64 bits per heavy atom. The van der Waals surface area contributed by atoms with Crippen LogP contribution in [0.4, 0.5) is 0 Å².